The maximum absolute atomic E-state index is 13.2. The van der Waals surface area contributed by atoms with E-state index in [1.807, 2.05) is 25.3 Å². The smallest absolute Gasteiger partial charge is 0.240 e. The molecule has 2 aromatic rings. The Balaban J connectivity index is 2.26. The second kappa shape index (κ2) is 3.65. The molecular weight excluding hydrogens is 249 g/mol. The van der Waals surface area contributed by atoms with E-state index in [9.17, 15) is 9.18 Å². The van der Waals surface area contributed by atoms with Crippen LogP contribution in [-0.2, 0) is 10.2 Å². The fourth-order valence-corrected chi connectivity index (χ4v) is 3.64. The van der Waals surface area contributed by atoms with Crippen LogP contribution in [0.25, 0.3) is 0 Å². The number of aryl methyl sites for hydroxylation is 1. The molecule has 1 aliphatic rings. The van der Waals surface area contributed by atoms with Crippen LogP contribution >= 0.6 is 11.3 Å². The van der Waals surface area contributed by atoms with Gasteiger partial charge in [0.05, 0.1) is 0 Å². The van der Waals surface area contributed by atoms with Crippen molar-refractivity contribution in [2.45, 2.75) is 19.3 Å². The number of benzene rings is 1. The molecule has 0 saturated heterocycles. The van der Waals surface area contributed by atoms with E-state index in [0.29, 0.717) is 5.69 Å². The van der Waals surface area contributed by atoms with Gasteiger partial charge in [0, 0.05) is 10.6 Å². The molecule has 0 aliphatic carbocycles. The quantitative estimate of drug-likeness (QED) is 0.837. The van der Waals surface area contributed by atoms with Crippen LogP contribution in [0.3, 0.4) is 0 Å². The lowest BCUT2D eigenvalue weighted by Gasteiger charge is -2.22. The van der Waals surface area contributed by atoms with Gasteiger partial charge in [-0.3, -0.25) is 4.79 Å². The van der Waals surface area contributed by atoms with Crippen molar-refractivity contribution in [1.29, 1.82) is 0 Å². The molecule has 0 bridgehead atoms. The molecule has 3 rings (SSSR count). The summed E-state index contributed by atoms with van der Waals surface area (Å²) in [5, 5.41) is 4.75. The van der Waals surface area contributed by atoms with Crippen LogP contribution in [0.2, 0.25) is 0 Å². The van der Waals surface area contributed by atoms with Gasteiger partial charge in [-0.2, -0.15) is 0 Å². The van der Waals surface area contributed by atoms with Crippen molar-refractivity contribution in [2.75, 3.05) is 5.32 Å². The number of thiophene rings is 1. The van der Waals surface area contributed by atoms with Gasteiger partial charge in [-0.1, -0.05) is 6.07 Å². The van der Waals surface area contributed by atoms with Crippen LogP contribution in [0.1, 0.15) is 22.9 Å². The second-order valence-corrected chi connectivity index (χ2v) is 5.62. The molecule has 1 N–H and O–H groups in total. The third-order valence-corrected chi connectivity index (χ3v) is 4.78. The van der Waals surface area contributed by atoms with Gasteiger partial charge >= 0.3 is 0 Å². The number of rotatable bonds is 1. The van der Waals surface area contributed by atoms with Crippen molar-refractivity contribution >= 4 is 22.9 Å². The fourth-order valence-electron chi connectivity index (χ4n) is 2.54. The Morgan fingerprint density at radius 1 is 1.33 bits per heavy atom. The van der Waals surface area contributed by atoms with Crippen LogP contribution in [0, 0.1) is 12.7 Å². The highest BCUT2D eigenvalue weighted by Gasteiger charge is 2.45. The van der Waals surface area contributed by atoms with Crippen LogP contribution in [-0.4, -0.2) is 5.91 Å². The Hall–Kier alpha value is -1.68. The summed E-state index contributed by atoms with van der Waals surface area (Å²) in [6, 6.07) is 6.48. The summed E-state index contributed by atoms with van der Waals surface area (Å²) in [5.41, 5.74) is 1.81. The number of nitrogens with one attached hydrogen (secondary N) is 1. The molecule has 0 fully saturated rings. The second-order valence-electron chi connectivity index (χ2n) is 4.70. The SMILES string of the molecule is Cc1ccsc1C1(C)C(=O)Nc2cc(F)ccc21. The number of anilines is 1. The van der Waals surface area contributed by atoms with Crippen LogP contribution in [0.4, 0.5) is 10.1 Å². The lowest BCUT2D eigenvalue weighted by Crippen LogP contribution is -2.31. The molecule has 2 heterocycles. The average molecular weight is 261 g/mol. The molecule has 1 aliphatic heterocycles. The highest BCUT2D eigenvalue weighted by molar-refractivity contribution is 7.10. The number of halogens is 1. The Kier molecular flexibility index (Phi) is 2.32. The molecular formula is C14H12FNOS. The lowest BCUT2D eigenvalue weighted by molar-refractivity contribution is -0.119. The minimum absolute atomic E-state index is 0.0892. The van der Waals surface area contributed by atoms with Crippen molar-refractivity contribution < 1.29 is 9.18 Å². The standard InChI is InChI=1S/C14H12FNOS/c1-8-5-6-18-12(8)14(2)10-4-3-9(15)7-11(10)16-13(14)17/h3-7H,1-2H3,(H,16,17). The molecule has 1 amide bonds. The largest absolute Gasteiger partial charge is 0.325 e. The monoisotopic (exact) mass is 261 g/mol. The molecule has 1 aromatic heterocycles. The van der Waals surface area contributed by atoms with Gasteiger partial charge in [-0.05, 0) is 48.6 Å². The van der Waals surface area contributed by atoms with Crippen molar-refractivity contribution in [3.63, 3.8) is 0 Å². The first kappa shape index (κ1) is 11.4. The molecule has 1 unspecified atom stereocenters. The number of carbonyl (C=O) groups excluding carboxylic acids is 1. The van der Waals surface area contributed by atoms with Crippen molar-refractivity contribution in [3.05, 3.63) is 51.5 Å². The summed E-state index contributed by atoms with van der Waals surface area (Å²) < 4.78 is 13.2. The zero-order chi connectivity index (χ0) is 12.9. The van der Waals surface area contributed by atoms with Gasteiger partial charge in [0.2, 0.25) is 5.91 Å². The third-order valence-electron chi connectivity index (χ3n) is 3.54. The van der Waals surface area contributed by atoms with Crippen molar-refractivity contribution in [2.24, 2.45) is 0 Å². The lowest BCUT2D eigenvalue weighted by atomic mass is 9.81. The number of amides is 1. The number of carbonyl (C=O) groups is 1. The molecule has 1 aromatic carbocycles. The molecule has 4 heteroatoms. The van der Waals surface area contributed by atoms with Gasteiger partial charge in [0.25, 0.3) is 0 Å². The number of hydrogen-bond donors (Lipinski definition) is 1. The van der Waals surface area contributed by atoms with Crippen LogP contribution in [0.5, 0.6) is 0 Å². The Morgan fingerprint density at radius 3 is 2.78 bits per heavy atom. The van der Waals surface area contributed by atoms with Gasteiger partial charge in [-0.15, -0.1) is 11.3 Å². The van der Waals surface area contributed by atoms with E-state index in [2.05, 4.69) is 5.32 Å². The molecule has 0 saturated carbocycles. The Bertz CT molecular complexity index is 649. The maximum atomic E-state index is 13.2. The van der Waals surface area contributed by atoms with Crippen LogP contribution in [0.15, 0.2) is 29.6 Å². The first-order valence-corrected chi connectivity index (χ1v) is 6.57. The number of fused-ring (bicyclic) bond motifs is 1. The molecule has 92 valence electrons. The first-order valence-electron chi connectivity index (χ1n) is 5.69. The summed E-state index contributed by atoms with van der Waals surface area (Å²) in [7, 11) is 0. The zero-order valence-electron chi connectivity index (χ0n) is 10.1. The Morgan fingerprint density at radius 2 is 2.11 bits per heavy atom. The summed E-state index contributed by atoms with van der Waals surface area (Å²) in [6.07, 6.45) is 0. The highest BCUT2D eigenvalue weighted by atomic mass is 32.1. The van der Waals surface area contributed by atoms with Crippen LogP contribution < -0.4 is 5.32 Å². The predicted octanol–water partition coefficient (Wildman–Crippen LogP) is 3.45. The summed E-state index contributed by atoms with van der Waals surface area (Å²) in [5.74, 6) is -0.421. The third kappa shape index (κ3) is 1.35. The fraction of sp³-hybridized carbons (Fsp3) is 0.214. The molecule has 0 radical (unpaired) electrons. The molecule has 1 atom stereocenters. The van der Waals surface area contributed by atoms with Gasteiger partial charge in [0.1, 0.15) is 11.2 Å². The summed E-state index contributed by atoms with van der Waals surface area (Å²) in [4.78, 5) is 13.3. The Labute approximate surface area is 108 Å². The van der Waals surface area contributed by atoms with Gasteiger partial charge < -0.3 is 5.32 Å². The minimum atomic E-state index is -0.707. The summed E-state index contributed by atoms with van der Waals surface area (Å²) in [6.45, 7) is 3.89. The number of hydrogen-bond acceptors (Lipinski definition) is 2. The first-order chi connectivity index (χ1) is 8.53. The zero-order valence-corrected chi connectivity index (χ0v) is 10.9. The topological polar surface area (TPSA) is 29.1 Å². The molecule has 0 spiro atoms. The summed E-state index contributed by atoms with van der Waals surface area (Å²) >= 11 is 1.56. The van der Waals surface area contributed by atoms with E-state index in [1.54, 1.807) is 17.4 Å². The van der Waals surface area contributed by atoms with E-state index in [4.69, 9.17) is 0 Å². The van der Waals surface area contributed by atoms with E-state index >= 15 is 0 Å². The highest BCUT2D eigenvalue weighted by Crippen LogP contribution is 2.45. The minimum Gasteiger partial charge on any atom is -0.325 e. The van der Waals surface area contributed by atoms with E-state index < -0.39 is 5.41 Å². The van der Waals surface area contributed by atoms with Gasteiger partial charge in [0.15, 0.2) is 0 Å². The molecule has 2 nitrogen and oxygen atoms in total. The predicted molar refractivity (Wildman–Crippen MR) is 70.5 cm³/mol. The average Bonchev–Trinajstić information content (AvgIpc) is 2.83. The van der Waals surface area contributed by atoms with Gasteiger partial charge in [-0.25, -0.2) is 4.39 Å². The van der Waals surface area contributed by atoms with E-state index in [0.717, 1.165) is 16.0 Å². The van der Waals surface area contributed by atoms with E-state index in [-0.39, 0.29) is 11.7 Å². The van der Waals surface area contributed by atoms with Crippen molar-refractivity contribution in [3.8, 4) is 0 Å². The molecule has 18 heavy (non-hydrogen) atoms. The maximum Gasteiger partial charge on any atom is 0.240 e. The normalized spacial score (nSPS) is 21.8. The van der Waals surface area contributed by atoms with Crippen molar-refractivity contribution in [1.82, 2.24) is 0 Å². The van der Waals surface area contributed by atoms with E-state index in [1.165, 1.54) is 12.1 Å².